The summed E-state index contributed by atoms with van der Waals surface area (Å²) in [6, 6.07) is 15.3. The predicted octanol–water partition coefficient (Wildman–Crippen LogP) is 6.11. The Kier molecular flexibility index (Phi) is 8.23. The molecule has 0 radical (unpaired) electrons. The molecule has 3 atom stereocenters. The summed E-state index contributed by atoms with van der Waals surface area (Å²) < 4.78 is 67.4. The van der Waals surface area contributed by atoms with Gasteiger partial charge in [-0.15, -0.1) is 0 Å². The fraction of sp³-hybridized carbons (Fsp3) is 0.556. The van der Waals surface area contributed by atoms with Crippen LogP contribution in [0, 0.1) is 5.92 Å². The monoisotopic (exact) mass is 509 g/mol. The van der Waals surface area contributed by atoms with Gasteiger partial charge < -0.3 is 4.74 Å². The van der Waals surface area contributed by atoms with E-state index >= 15 is 0 Å². The van der Waals surface area contributed by atoms with E-state index in [0.717, 1.165) is 44.3 Å². The van der Waals surface area contributed by atoms with Gasteiger partial charge in [0.25, 0.3) is 0 Å². The van der Waals surface area contributed by atoms with E-state index in [1.165, 1.54) is 17.4 Å². The van der Waals surface area contributed by atoms with Crippen LogP contribution in [0.3, 0.4) is 0 Å². The summed E-state index contributed by atoms with van der Waals surface area (Å²) >= 11 is 0. The van der Waals surface area contributed by atoms with Crippen LogP contribution >= 0.6 is 0 Å². The average Bonchev–Trinajstić information content (AvgIpc) is 3.18. The Balaban J connectivity index is 1.40. The van der Waals surface area contributed by atoms with Gasteiger partial charge in [0, 0.05) is 25.3 Å². The fourth-order valence-electron chi connectivity index (χ4n) is 5.47. The molecular formula is C27H34F3NO3S. The molecule has 0 bridgehead atoms. The van der Waals surface area contributed by atoms with E-state index in [9.17, 15) is 21.6 Å². The molecule has 0 aromatic heterocycles. The van der Waals surface area contributed by atoms with Crippen molar-refractivity contribution in [1.29, 1.82) is 0 Å². The lowest BCUT2D eigenvalue weighted by atomic mass is 9.91. The van der Waals surface area contributed by atoms with Crippen LogP contribution in [0.1, 0.15) is 61.3 Å². The van der Waals surface area contributed by atoms with Gasteiger partial charge in [-0.25, -0.2) is 8.42 Å². The van der Waals surface area contributed by atoms with E-state index in [4.69, 9.17) is 4.74 Å². The number of halogens is 3. The Bertz CT molecular complexity index is 1090. The molecule has 1 fully saturated rings. The largest absolute Gasteiger partial charge is 0.389 e. The van der Waals surface area contributed by atoms with Crippen molar-refractivity contribution in [3.63, 3.8) is 0 Å². The van der Waals surface area contributed by atoms with Crippen LogP contribution in [0.15, 0.2) is 53.4 Å². The average molecular weight is 510 g/mol. The van der Waals surface area contributed by atoms with Gasteiger partial charge in [0.1, 0.15) is 0 Å². The standard InChI is InChI=1S/C27H34F3NO3S/c1-35(32,33)23-13-11-21(12-14-23)19-34-26-24-10-3-2-9-22(24)17-25(26)31-16-6-8-20(18-31)7-4-5-15-27(28,29)30/h2-3,9-14,20,25-26H,4-8,15-19H2,1H3/t20-,25+,26+/m1/s1. The molecular weight excluding hydrogens is 475 g/mol. The summed E-state index contributed by atoms with van der Waals surface area (Å²) in [6.07, 6.45) is 1.03. The zero-order valence-corrected chi connectivity index (χ0v) is 21.0. The lowest BCUT2D eigenvalue weighted by Crippen LogP contribution is -2.45. The quantitative estimate of drug-likeness (QED) is 0.383. The van der Waals surface area contributed by atoms with Gasteiger partial charge in [-0.05, 0) is 73.4 Å². The first kappa shape index (κ1) is 26.2. The number of alkyl halides is 3. The van der Waals surface area contributed by atoms with Crippen LogP contribution in [-0.2, 0) is 27.6 Å². The molecule has 1 saturated heterocycles. The van der Waals surface area contributed by atoms with Gasteiger partial charge in [-0.3, -0.25) is 4.90 Å². The van der Waals surface area contributed by atoms with E-state index in [-0.39, 0.29) is 18.6 Å². The SMILES string of the molecule is CS(=O)(=O)c1ccc(CO[C@H]2c3ccccc3C[C@@H]2N2CCC[C@@H](CCCCC(F)(F)F)C2)cc1. The van der Waals surface area contributed by atoms with Crippen molar-refractivity contribution in [2.75, 3.05) is 19.3 Å². The van der Waals surface area contributed by atoms with Gasteiger partial charge in [-0.1, -0.05) is 42.8 Å². The van der Waals surface area contributed by atoms with Gasteiger partial charge >= 0.3 is 6.18 Å². The second kappa shape index (κ2) is 11.0. The number of hydrogen-bond donors (Lipinski definition) is 0. The molecule has 1 aliphatic heterocycles. The lowest BCUT2D eigenvalue weighted by Gasteiger charge is -2.39. The molecule has 192 valence electrons. The highest BCUT2D eigenvalue weighted by Crippen LogP contribution is 2.39. The second-order valence-electron chi connectivity index (χ2n) is 9.98. The van der Waals surface area contributed by atoms with Crippen LogP contribution in [0.5, 0.6) is 0 Å². The molecule has 2 aromatic carbocycles. The molecule has 0 saturated carbocycles. The Hall–Kier alpha value is -1.90. The third kappa shape index (κ3) is 7.08. The van der Waals surface area contributed by atoms with Crippen LogP contribution in [0.25, 0.3) is 0 Å². The van der Waals surface area contributed by atoms with Crippen molar-refractivity contribution < 1.29 is 26.3 Å². The molecule has 0 N–H and O–H groups in total. The number of rotatable bonds is 9. The molecule has 0 unspecified atom stereocenters. The normalized spacial score (nSPS) is 23.4. The number of hydrogen-bond acceptors (Lipinski definition) is 4. The minimum atomic E-state index is -4.07. The van der Waals surface area contributed by atoms with E-state index < -0.39 is 22.4 Å². The topological polar surface area (TPSA) is 46.6 Å². The summed E-state index contributed by atoms with van der Waals surface area (Å²) in [6.45, 7) is 2.25. The van der Waals surface area contributed by atoms with Crippen LogP contribution in [0.2, 0.25) is 0 Å². The van der Waals surface area contributed by atoms with Crippen LogP contribution < -0.4 is 0 Å². The molecule has 2 aliphatic rings. The first-order chi connectivity index (χ1) is 16.6. The van der Waals surface area contributed by atoms with Crippen molar-refractivity contribution in [3.8, 4) is 0 Å². The van der Waals surface area contributed by atoms with Gasteiger partial charge in [0.15, 0.2) is 9.84 Å². The molecule has 1 heterocycles. The van der Waals surface area contributed by atoms with Crippen molar-refractivity contribution in [1.82, 2.24) is 4.90 Å². The Morgan fingerprint density at radius 1 is 1.06 bits per heavy atom. The molecule has 2 aromatic rings. The Morgan fingerprint density at radius 3 is 2.51 bits per heavy atom. The number of fused-ring (bicyclic) bond motifs is 1. The number of benzene rings is 2. The maximum atomic E-state index is 12.5. The zero-order valence-electron chi connectivity index (χ0n) is 20.1. The highest BCUT2D eigenvalue weighted by molar-refractivity contribution is 7.90. The minimum absolute atomic E-state index is 0.0928. The molecule has 0 amide bonds. The lowest BCUT2D eigenvalue weighted by molar-refractivity contribution is -0.135. The molecule has 8 heteroatoms. The third-order valence-corrected chi connectivity index (χ3v) is 8.39. The van der Waals surface area contributed by atoms with Crippen molar-refractivity contribution >= 4 is 9.84 Å². The number of ether oxygens (including phenoxy) is 1. The van der Waals surface area contributed by atoms with E-state index in [1.807, 2.05) is 12.1 Å². The molecule has 1 aliphatic carbocycles. The smallest absolute Gasteiger partial charge is 0.367 e. The third-order valence-electron chi connectivity index (χ3n) is 7.26. The Morgan fingerprint density at radius 2 is 1.80 bits per heavy atom. The number of piperidine rings is 1. The maximum Gasteiger partial charge on any atom is 0.389 e. The summed E-state index contributed by atoms with van der Waals surface area (Å²) in [5.41, 5.74) is 3.39. The summed E-state index contributed by atoms with van der Waals surface area (Å²) in [5.74, 6) is 0.421. The molecule has 0 spiro atoms. The van der Waals surface area contributed by atoms with Crippen LogP contribution in [-0.4, -0.2) is 44.9 Å². The molecule has 4 rings (SSSR count). The number of sulfone groups is 1. The minimum Gasteiger partial charge on any atom is -0.367 e. The van der Waals surface area contributed by atoms with E-state index in [2.05, 4.69) is 17.0 Å². The summed E-state index contributed by atoms with van der Waals surface area (Å²) in [5, 5.41) is 0. The summed E-state index contributed by atoms with van der Waals surface area (Å²) in [7, 11) is -3.24. The van der Waals surface area contributed by atoms with Gasteiger partial charge in [0.2, 0.25) is 0 Å². The zero-order chi connectivity index (χ0) is 25.1. The van der Waals surface area contributed by atoms with Gasteiger partial charge in [-0.2, -0.15) is 13.2 Å². The van der Waals surface area contributed by atoms with E-state index in [0.29, 0.717) is 23.8 Å². The van der Waals surface area contributed by atoms with Crippen LogP contribution in [0.4, 0.5) is 13.2 Å². The number of likely N-dealkylation sites (tertiary alicyclic amines) is 1. The fourth-order valence-corrected chi connectivity index (χ4v) is 6.10. The van der Waals surface area contributed by atoms with Gasteiger partial charge in [0.05, 0.1) is 17.6 Å². The highest BCUT2D eigenvalue weighted by atomic mass is 32.2. The highest BCUT2D eigenvalue weighted by Gasteiger charge is 2.38. The Labute approximate surface area is 206 Å². The maximum absolute atomic E-state index is 12.5. The molecule has 4 nitrogen and oxygen atoms in total. The predicted molar refractivity (Wildman–Crippen MR) is 130 cm³/mol. The van der Waals surface area contributed by atoms with E-state index in [1.54, 1.807) is 24.3 Å². The second-order valence-corrected chi connectivity index (χ2v) is 12.0. The van der Waals surface area contributed by atoms with Crippen molar-refractivity contribution in [3.05, 3.63) is 65.2 Å². The molecule has 35 heavy (non-hydrogen) atoms. The van der Waals surface area contributed by atoms with Crippen molar-refractivity contribution in [2.24, 2.45) is 5.92 Å². The van der Waals surface area contributed by atoms with Crippen molar-refractivity contribution in [2.45, 2.75) is 74.8 Å². The summed E-state index contributed by atoms with van der Waals surface area (Å²) in [4.78, 5) is 2.77. The number of nitrogens with zero attached hydrogens (tertiary/aromatic N) is 1. The first-order valence-electron chi connectivity index (χ1n) is 12.4. The first-order valence-corrected chi connectivity index (χ1v) is 14.3. The number of unbranched alkanes of at least 4 members (excludes halogenated alkanes) is 1.